The SMILES string of the molecule is CCCC(C)(C)N1C(=O)C(CC)NC(=O)C1C. The van der Waals surface area contributed by atoms with Crippen molar-refractivity contribution in [2.24, 2.45) is 0 Å². The van der Waals surface area contributed by atoms with Crippen LogP contribution in [0.3, 0.4) is 0 Å². The lowest BCUT2D eigenvalue weighted by molar-refractivity contribution is -0.155. The third kappa shape index (κ3) is 2.61. The molecule has 1 saturated heterocycles. The molecule has 0 aromatic carbocycles. The van der Waals surface area contributed by atoms with E-state index >= 15 is 0 Å². The summed E-state index contributed by atoms with van der Waals surface area (Å²) in [6.45, 7) is 9.89. The second kappa shape index (κ2) is 5.07. The van der Waals surface area contributed by atoms with Crippen LogP contribution in [-0.4, -0.2) is 34.3 Å². The van der Waals surface area contributed by atoms with Crippen LogP contribution in [0.5, 0.6) is 0 Å². The topological polar surface area (TPSA) is 49.4 Å². The van der Waals surface area contributed by atoms with Gasteiger partial charge in [-0.15, -0.1) is 0 Å². The summed E-state index contributed by atoms with van der Waals surface area (Å²) in [5.74, 6) is 0.0127. The molecule has 0 spiro atoms. The first-order valence-corrected chi connectivity index (χ1v) is 6.48. The minimum absolute atomic E-state index is 0.0411. The lowest BCUT2D eigenvalue weighted by atomic mass is 9.91. The molecule has 98 valence electrons. The van der Waals surface area contributed by atoms with Gasteiger partial charge in [-0.2, -0.15) is 0 Å². The summed E-state index contributed by atoms with van der Waals surface area (Å²) >= 11 is 0. The van der Waals surface area contributed by atoms with E-state index in [-0.39, 0.29) is 29.4 Å². The smallest absolute Gasteiger partial charge is 0.246 e. The van der Waals surface area contributed by atoms with E-state index in [9.17, 15) is 9.59 Å². The standard InChI is InChI=1S/C13H24N2O2/c1-6-8-13(4,5)15-9(3)11(16)14-10(7-2)12(15)17/h9-10H,6-8H2,1-5H3,(H,14,16). The highest BCUT2D eigenvalue weighted by Gasteiger charge is 2.43. The molecule has 0 radical (unpaired) electrons. The Morgan fingerprint density at radius 3 is 2.35 bits per heavy atom. The maximum Gasteiger partial charge on any atom is 0.246 e. The predicted octanol–water partition coefficient (Wildman–Crippen LogP) is 1.69. The van der Waals surface area contributed by atoms with Gasteiger partial charge in [0.2, 0.25) is 11.8 Å². The van der Waals surface area contributed by atoms with Gasteiger partial charge < -0.3 is 10.2 Å². The quantitative estimate of drug-likeness (QED) is 0.813. The molecule has 2 unspecified atom stereocenters. The molecule has 1 heterocycles. The molecule has 2 atom stereocenters. The maximum absolute atomic E-state index is 12.3. The highest BCUT2D eigenvalue weighted by atomic mass is 16.2. The van der Waals surface area contributed by atoms with Gasteiger partial charge in [0.25, 0.3) is 0 Å². The monoisotopic (exact) mass is 240 g/mol. The number of carbonyl (C=O) groups is 2. The van der Waals surface area contributed by atoms with E-state index < -0.39 is 0 Å². The number of carbonyl (C=O) groups excluding carboxylic acids is 2. The van der Waals surface area contributed by atoms with Crippen molar-refractivity contribution in [2.45, 2.75) is 71.5 Å². The minimum Gasteiger partial charge on any atom is -0.343 e. The summed E-state index contributed by atoms with van der Waals surface area (Å²) in [5, 5.41) is 2.78. The summed E-state index contributed by atoms with van der Waals surface area (Å²) in [7, 11) is 0. The molecular weight excluding hydrogens is 216 g/mol. The van der Waals surface area contributed by atoms with Crippen LogP contribution >= 0.6 is 0 Å². The highest BCUT2D eigenvalue weighted by Crippen LogP contribution is 2.27. The van der Waals surface area contributed by atoms with Gasteiger partial charge in [0, 0.05) is 5.54 Å². The largest absolute Gasteiger partial charge is 0.343 e. The Morgan fingerprint density at radius 2 is 1.88 bits per heavy atom. The molecular formula is C13H24N2O2. The normalized spacial score (nSPS) is 26.1. The summed E-state index contributed by atoms with van der Waals surface area (Å²) in [4.78, 5) is 26.0. The average molecular weight is 240 g/mol. The van der Waals surface area contributed by atoms with Crippen molar-refractivity contribution in [1.82, 2.24) is 10.2 Å². The Hall–Kier alpha value is -1.06. The zero-order valence-corrected chi connectivity index (χ0v) is 11.5. The number of nitrogens with zero attached hydrogens (tertiary/aromatic N) is 1. The summed E-state index contributed by atoms with van der Waals surface area (Å²) in [6, 6.07) is -0.721. The molecule has 1 rings (SSSR count). The van der Waals surface area contributed by atoms with Crippen LogP contribution in [0.2, 0.25) is 0 Å². The summed E-state index contributed by atoms with van der Waals surface area (Å²) < 4.78 is 0. The molecule has 1 fully saturated rings. The van der Waals surface area contributed by atoms with E-state index in [1.165, 1.54) is 0 Å². The molecule has 4 heteroatoms. The van der Waals surface area contributed by atoms with Gasteiger partial charge in [-0.1, -0.05) is 20.3 Å². The number of rotatable bonds is 4. The van der Waals surface area contributed by atoms with Gasteiger partial charge in [-0.3, -0.25) is 9.59 Å². The predicted molar refractivity (Wildman–Crippen MR) is 67.5 cm³/mol. The molecule has 0 aromatic heterocycles. The van der Waals surface area contributed by atoms with E-state index in [1.807, 2.05) is 20.8 Å². The molecule has 0 aliphatic carbocycles. The van der Waals surface area contributed by atoms with Crippen LogP contribution in [0, 0.1) is 0 Å². The molecule has 0 saturated carbocycles. The van der Waals surface area contributed by atoms with Gasteiger partial charge in [-0.05, 0) is 33.6 Å². The summed E-state index contributed by atoms with van der Waals surface area (Å²) in [6.07, 6.45) is 2.56. The molecule has 1 N–H and O–H groups in total. The van der Waals surface area contributed by atoms with Crippen molar-refractivity contribution < 1.29 is 9.59 Å². The van der Waals surface area contributed by atoms with Crippen LogP contribution in [0.15, 0.2) is 0 Å². The fourth-order valence-electron chi connectivity index (χ4n) is 2.66. The zero-order chi connectivity index (χ0) is 13.2. The lowest BCUT2D eigenvalue weighted by Crippen LogP contribution is -2.67. The first-order valence-electron chi connectivity index (χ1n) is 6.48. The van der Waals surface area contributed by atoms with E-state index in [1.54, 1.807) is 11.8 Å². The van der Waals surface area contributed by atoms with E-state index in [0.717, 1.165) is 12.8 Å². The van der Waals surface area contributed by atoms with E-state index in [2.05, 4.69) is 12.2 Å². The van der Waals surface area contributed by atoms with Crippen molar-refractivity contribution >= 4 is 11.8 Å². The third-order valence-electron chi connectivity index (χ3n) is 3.54. The number of nitrogens with one attached hydrogen (secondary N) is 1. The second-order valence-electron chi connectivity index (χ2n) is 5.42. The summed E-state index contributed by atoms with van der Waals surface area (Å²) in [5.41, 5.74) is -0.254. The van der Waals surface area contributed by atoms with Crippen molar-refractivity contribution in [2.75, 3.05) is 0 Å². The van der Waals surface area contributed by atoms with Crippen molar-refractivity contribution in [3.8, 4) is 0 Å². The Kier molecular flexibility index (Phi) is 4.17. The van der Waals surface area contributed by atoms with Gasteiger partial charge >= 0.3 is 0 Å². The molecule has 0 bridgehead atoms. The average Bonchev–Trinajstić information content (AvgIpc) is 2.23. The Labute approximate surface area is 104 Å². The first-order chi connectivity index (χ1) is 7.85. The van der Waals surface area contributed by atoms with E-state index in [4.69, 9.17) is 0 Å². The number of hydrogen-bond donors (Lipinski definition) is 1. The highest BCUT2D eigenvalue weighted by molar-refractivity contribution is 5.97. The fraction of sp³-hybridized carbons (Fsp3) is 0.846. The molecule has 4 nitrogen and oxygen atoms in total. The number of amides is 2. The van der Waals surface area contributed by atoms with Gasteiger partial charge in [0.1, 0.15) is 12.1 Å². The van der Waals surface area contributed by atoms with Crippen molar-refractivity contribution in [1.29, 1.82) is 0 Å². The van der Waals surface area contributed by atoms with Gasteiger partial charge in [-0.25, -0.2) is 0 Å². The Morgan fingerprint density at radius 1 is 1.29 bits per heavy atom. The number of hydrogen-bond acceptors (Lipinski definition) is 2. The van der Waals surface area contributed by atoms with Crippen molar-refractivity contribution in [3.05, 3.63) is 0 Å². The minimum atomic E-state index is -0.369. The molecule has 1 aliphatic rings. The molecule has 0 aromatic rings. The Bertz CT molecular complexity index is 313. The van der Waals surface area contributed by atoms with Crippen LogP contribution in [-0.2, 0) is 9.59 Å². The Balaban J connectivity index is 3.00. The lowest BCUT2D eigenvalue weighted by Gasteiger charge is -2.46. The number of piperazine rings is 1. The molecule has 1 aliphatic heterocycles. The maximum atomic E-state index is 12.3. The van der Waals surface area contributed by atoms with Crippen molar-refractivity contribution in [3.63, 3.8) is 0 Å². The molecule has 17 heavy (non-hydrogen) atoms. The second-order valence-corrected chi connectivity index (χ2v) is 5.42. The first kappa shape index (κ1) is 14.0. The van der Waals surface area contributed by atoms with Crippen LogP contribution < -0.4 is 5.32 Å². The van der Waals surface area contributed by atoms with E-state index in [0.29, 0.717) is 6.42 Å². The van der Waals surface area contributed by atoms with Crippen LogP contribution in [0.1, 0.15) is 53.9 Å². The third-order valence-corrected chi connectivity index (χ3v) is 3.54. The van der Waals surface area contributed by atoms with Crippen LogP contribution in [0.25, 0.3) is 0 Å². The molecule has 2 amide bonds. The zero-order valence-electron chi connectivity index (χ0n) is 11.5. The van der Waals surface area contributed by atoms with Gasteiger partial charge in [0.05, 0.1) is 0 Å². The van der Waals surface area contributed by atoms with Gasteiger partial charge in [0.15, 0.2) is 0 Å². The fourth-order valence-corrected chi connectivity index (χ4v) is 2.66. The van der Waals surface area contributed by atoms with Crippen LogP contribution in [0.4, 0.5) is 0 Å².